The second kappa shape index (κ2) is 5.70. The molecule has 1 amide bonds. The Morgan fingerprint density at radius 2 is 1.82 bits per heavy atom. The van der Waals surface area contributed by atoms with Crippen molar-refractivity contribution in [1.82, 2.24) is 5.32 Å². The Balaban J connectivity index is 3.14. The summed E-state index contributed by atoms with van der Waals surface area (Å²) in [5, 5.41) is 10.7. The third-order valence-electron chi connectivity index (χ3n) is 1.32. The summed E-state index contributed by atoms with van der Waals surface area (Å²) < 4.78 is 0. The van der Waals surface area contributed by atoms with Crippen LogP contribution in [0.5, 0.6) is 0 Å². The molecule has 4 heteroatoms. The fraction of sp³-hybridized carbons (Fsp3) is 0.714. The number of carbonyl (C=O) groups excluding carboxylic acids is 1. The Labute approximate surface area is 65.6 Å². The van der Waals surface area contributed by atoms with Gasteiger partial charge in [-0.2, -0.15) is 0 Å². The molecule has 0 bridgehead atoms. The first kappa shape index (κ1) is 9.94. The van der Waals surface area contributed by atoms with Gasteiger partial charge in [0, 0.05) is 19.9 Å². The van der Waals surface area contributed by atoms with Crippen molar-refractivity contribution in [1.29, 1.82) is 0 Å². The maximum Gasteiger partial charge on any atom is 0.303 e. The largest absolute Gasteiger partial charge is 0.481 e. The number of hydrogen-bond acceptors (Lipinski definition) is 2. The summed E-state index contributed by atoms with van der Waals surface area (Å²) in [6, 6.07) is 0. The number of aliphatic carboxylic acids is 1. The van der Waals surface area contributed by atoms with Gasteiger partial charge in [0.15, 0.2) is 0 Å². The average molecular weight is 159 g/mol. The van der Waals surface area contributed by atoms with Gasteiger partial charge < -0.3 is 10.4 Å². The van der Waals surface area contributed by atoms with Crippen molar-refractivity contribution in [2.75, 3.05) is 7.05 Å². The predicted octanol–water partition coefficient (Wildman–Crippen LogP) is 0.377. The van der Waals surface area contributed by atoms with Crippen molar-refractivity contribution in [2.24, 2.45) is 0 Å². The molecule has 0 aliphatic heterocycles. The first-order valence-corrected chi connectivity index (χ1v) is 3.59. The van der Waals surface area contributed by atoms with Crippen LogP contribution in [-0.4, -0.2) is 24.0 Å². The SMILES string of the molecule is CNC(=O)CCCCC(=O)O. The minimum atomic E-state index is -0.804. The average Bonchev–Trinajstić information content (AvgIpc) is 1.97. The predicted molar refractivity (Wildman–Crippen MR) is 40.2 cm³/mol. The van der Waals surface area contributed by atoms with E-state index in [2.05, 4.69) is 5.32 Å². The molecule has 0 fully saturated rings. The Hall–Kier alpha value is -1.06. The van der Waals surface area contributed by atoms with Crippen molar-refractivity contribution in [3.8, 4) is 0 Å². The van der Waals surface area contributed by atoms with Crippen molar-refractivity contribution in [3.05, 3.63) is 0 Å². The zero-order valence-corrected chi connectivity index (χ0v) is 6.59. The Kier molecular flexibility index (Phi) is 5.15. The van der Waals surface area contributed by atoms with Crippen LogP contribution in [0.3, 0.4) is 0 Å². The van der Waals surface area contributed by atoms with Gasteiger partial charge in [0.2, 0.25) is 5.91 Å². The molecule has 2 N–H and O–H groups in total. The molecule has 64 valence electrons. The molecule has 0 saturated heterocycles. The normalized spacial score (nSPS) is 9.18. The van der Waals surface area contributed by atoms with Gasteiger partial charge in [-0.1, -0.05) is 0 Å². The van der Waals surface area contributed by atoms with E-state index in [1.165, 1.54) is 0 Å². The number of hydrogen-bond donors (Lipinski definition) is 2. The molecule has 4 nitrogen and oxygen atoms in total. The van der Waals surface area contributed by atoms with E-state index in [9.17, 15) is 9.59 Å². The highest BCUT2D eigenvalue weighted by atomic mass is 16.4. The Morgan fingerprint density at radius 1 is 1.27 bits per heavy atom. The number of unbranched alkanes of at least 4 members (excludes halogenated alkanes) is 1. The highest BCUT2D eigenvalue weighted by Crippen LogP contribution is 1.98. The molecular formula is C7H13NO3. The first-order chi connectivity index (χ1) is 5.16. The van der Waals surface area contributed by atoms with Crippen LogP contribution in [0.4, 0.5) is 0 Å². The molecule has 0 radical (unpaired) electrons. The van der Waals surface area contributed by atoms with Gasteiger partial charge in [-0.15, -0.1) is 0 Å². The van der Waals surface area contributed by atoms with Crippen LogP contribution in [0.15, 0.2) is 0 Å². The van der Waals surface area contributed by atoms with Crippen LogP contribution < -0.4 is 5.32 Å². The second-order valence-electron chi connectivity index (χ2n) is 2.27. The number of carbonyl (C=O) groups is 2. The lowest BCUT2D eigenvalue weighted by Gasteiger charge is -1.96. The molecule has 0 unspecified atom stereocenters. The van der Waals surface area contributed by atoms with Gasteiger partial charge >= 0.3 is 5.97 Å². The monoisotopic (exact) mass is 159 g/mol. The van der Waals surface area contributed by atoms with E-state index in [0.717, 1.165) is 0 Å². The molecule has 0 rings (SSSR count). The summed E-state index contributed by atoms with van der Waals surface area (Å²) in [7, 11) is 1.57. The number of nitrogens with one attached hydrogen (secondary N) is 1. The van der Waals surface area contributed by atoms with Gasteiger partial charge in [-0.25, -0.2) is 0 Å². The van der Waals surface area contributed by atoms with Gasteiger partial charge in [0.05, 0.1) is 0 Å². The van der Waals surface area contributed by atoms with Crippen LogP contribution in [0, 0.1) is 0 Å². The highest BCUT2D eigenvalue weighted by molar-refractivity contribution is 5.75. The van der Waals surface area contributed by atoms with Crippen LogP contribution in [0.25, 0.3) is 0 Å². The molecule has 0 heterocycles. The Morgan fingerprint density at radius 3 is 2.27 bits per heavy atom. The van der Waals surface area contributed by atoms with Crippen LogP contribution >= 0.6 is 0 Å². The van der Waals surface area contributed by atoms with E-state index in [0.29, 0.717) is 19.3 Å². The van der Waals surface area contributed by atoms with E-state index >= 15 is 0 Å². The molecule has 0 atom stereocenters. The molecule has 0 saturated carbocycles. The maximum atomic E-state index is 10.6. The van der Waals surface area contributed by atoms with Gasteiger partial charge in [0.25, 0.3) is 0 Å². The molecule has 11 heavy (non-hydrogen) atoms. The minimum absolute atomic E-state index is 0.0320. The fourth-order valence-corrected chi connectivity index (χ4v) is 0.687. The summed E-state index contributed by atoms with van der Waals surface area (Å²) in [4.78, 5) is 20.6. The van der Waals surface area contributed by atoms with E-state index in [4.69, 9.17) is 5.11 Å². The third kappa shape index (κ3) is 6.83. The lowest BCUT2D eigenvalue weighted by molar-refractivity contribution is -0.137. The van der Waals surface area contributed by atoms with Crippen LogP contribution in [-0.2, 0) is 9.59 Å². The van der Waals surface area contributed by atoms with Crippen molar-refractivity contribution < 1.29 is 14.7 Å². The second-order valence-corrected chi connectivity index (χ2v) is 2.27. The summed E-state index contributed by atoms with van der Waals surface area (Å²) in [5.74, 6) is -0.836. The third-order valence-corrected chi connectivity index (χ3v) is 1.32. The zero-order chi connectivity index (χ0) is 8.69. The van der Waals surface area contributed by atoms with E-state index in [-0.39, 0.29) is 12.3 Å². The number of carboxylic acids is 1. The molecule has 0 aliphatic rings. The zero-order valence-electron chi connectivity index (χ0n) is 6.59. The van der Waals surface area contributed by atoms with Crippen LogP contribution in [0.2, 0.25) is 0 Å². The number of carboxylic acid groups (broad SMARTS) is 1. The highest BCUT2D eigenvalue weighted by Gasteiger charge is 1.99. The fourth-order valence-electron chi connectivity index (χ4n) is 0.687. The van der Waals surface area contributed by atoms with E-state index in [1.807, 2.05) is 0 Å². The first-order valence-electron chi connectivity index (χ1n) is 3.59. The molecule has 0 spiro atoms. The summed E-state index contributed by atoms with van der Waals surface area (Å²) >= 11 is 0. The van der Waals surface area contributed by atoms with Crippen LogP contribution in [0.1, 0.15) is 25.7 Å². The van der Waals surface area contributed by atoms with Crippen molar-refractivity contribution in [2.45, 2.75) is 25.7 Å². The minimum Gasteiger partial charge on any atom is -0.481 e. The number of rotatable bonds is 5. The topological polar surface area (TPSA) is 66.4 Å². The van der Waals surface area contributed by atoms with E-state index < -0.39 is 5.97 Å². The van der Waals surface area contributed by atoms with Crippen molar-refractivity contribution in [3.63, 3.8) is 0 Å². The summed E-state index contributed by atoms with van der Waals surface area (Å²) in [5.41, 5.74) is 0. The van der Waals surface area contributed by atoms with Crippen molar-refractivity contribution >= 4 is 11.9 Å². The van der Waals surface area contributed by atoms with Gasteiger partial charge in [-0.05, 0) is 12.8 Å². The smallest absolute Gasteiger partial charge is 0.303 e. The van der Waals surface area contributed by atoms with Gasteiger partial charge in [0.1, 0.15) is 0 Å². The maximum absolute atomic E-state index is 10.6. The molecular weight excluding hydrogens is 146 g/mol. The van der Waals surface area contributed by atoms with Gasteiger partial charge in [-0.3, -0.25) is 9.59 Å². The quantitative estimate of drug-likeness (QED) is 0.570. The molecule has 0 aromatic carbocycles. The Bertz CT molecular complexity index is 145. The molecule has 0 aromatic heterocycles. The summed E-state index contributed by atoms with van der Waals surface area (Å²) in [6.07, 6.45) is 1.79. The van der Waals surface area contributed by atoms with E-state index in [1.54, 1.807) is 7.05 Å². The molecule has 0 aromatic rings. The number of amides is 1. The standard InChI is InChI=1S/C7H13NO3/c1-8-6(9)4-2-3-5-7(10)11/h2-5H2,1H3,(H,8,9)(H,10,11). The molecule has 0 aliphatic carbocycles. The lowest BCUT2D eigenvalue weighted by atomic mass is 10.2. The summed E-state index contributed by atoms with van der Waals surface area (Å²) in [6.45, 7) is 0. The lowest BCUT2D eigenvalue weighted by Crippen LogP contribution is -2.16.